The fourth-order valence-electron chi connectivity index (χ4n) is 3.38. The molecule has 1 radical (unpaired) electrons. The van der Waals surface area contributed by atoms with E-state index in [1.165, 1.54) is 0 Å². The molecule has 0 bridgehead atoms. The van der Waals surface area contributed by atoms with Crippen molar-refractivity contribution >= 4 is 21.6 Å². The topological polar surface area (TPSA) is 37.4 Å². The summed E-state index contributed by atoms with van der Waals surface area (Å²) in [5.74, 6) is 0.402. The monoisotopic (exact) mass is 390 g/mol. The van der Waals surface area contributed by atoms with Gasteiger partial charge in [0.2, 0.25) is 10.0 Å². The van der Waals surface area contributed by atoms with Crippen molar-refractivity contribution in [1.82, 2.24) is 4.31 Å². The minimum Gasteiger partial charge on any atom is -0.207 e. The molecule has 0 heterocycles. The predicted octanol–water partition coefficient (Wildman–Crippen LogP) is 5.23. The predicted molar refractivity (Wildman–Crippen MR) is 106 cm³/mol. The van der Waals surface area contributed by atoms with Gasteiger partial charge in [-0.15, -0.1) is 0 Å². The van der Waals surface area contributed by atoms with Crippen molar-refractivity contribution in [2.24, 2.45) is 5.92 Å². The minimum atomic E-state index is -3.60. The number of benzene rings is 2. The van der Waals surface area contributed by atoms with E-state index in [2.05, 4.69) is 6.42 Å². The summed E-state index contributed by atoms with van der Waals surface area (Å²) in [5, 5.41) is 0.484. The summed E-state index contributed by atoms with van der Waals surface area (Å²) in [7, 11) is -3.60. The summed E-state index contributed by atoms with van der Waals surface area (Å²) < 4.78 is 28.3. The highest BCUT2D eigenvalue weighted by atomic mass is 35.5. The van der Waals surface area contributed by atoms with Crippen LogP contribution in [0.3, 0.4) is 0 Å². The van der Waals surface area contributed by atoms with Gasteiger partial charge in [0.1, 0.15) is 0 Å². The Morgan fingerprint density at radius 2 is 1.77 bits per heavy atom. The number of rotatable bonds is 6. The van der Waals surface area contributed by atoms with Crippen LogP contribution in [-0.4, -0.2) is 19.3 Å². The summed E-state index contributed by atoms with van der Waals surface area (Å²) >= 11 is 6.19. The van der Waals surface area contributed by atoms with Gasteiger partial charge in [0.15, 0.2) is 0 Å². The Hall–Kier alpha value is -1.36. The van der Waals surface area contributed by atoms with Crippen molar-refractivity contribution in [1.29, 1.82) is 0 Å². The molecule has 0 amide bonds. The lowest BCUT2D eigenvalue weighted by Gasteiger charge is -2.29. The van der Waals surface area contributed by atoms with Crippen LogP contribution in [0.2, 0.25) is 5.02 Å². The standard InChI is InChI=1S/C21H25ClNO2S/c1-17-12-13-20(14-21(17)22)26(24,25)23(15-18-8-4-2-5-9-18)16-19-10-6-3-7-11-19/h2-5,8-9,12-14,19H,6-7,10-11,15-16H2,1H3. The average molecular weight is 391 g/mol. The molecule has 5 heteroatoms. The third kappa shape index (κ3) is 4.67. The van der Waals surface area contributed by atoms with Gasteiger partial charge in [0.25, 0.3) is 0 Å². The van der Waals surface area contributed by atoms with E-state index in [-0.39, 0.29) is 4.90 Å². The van der Waals surface area contributed by atoms with Crippen LogP contribution in [0.1, 0.15) is 36.8 Å². The van der Waals surface area contributed by atoms with Crippen molar-refractivity contribution < 1.29 is 8.42 Å². The third-order valence-electron chi connectivity index (χ3n) is 5.00. The quantitative estimate of drug-likeness (QED) is 0.676. The van der Waals surface area contributed by atoms with Crippen LogP contribution >= 0.6 is 11.6 Å². The lowest BCUT2D eigenvalue weighted by Crippen LogP contribution is -2.35. The van der Waals surface area contributed by atoms with E-state index < -0.39 is 10.0 Å². The molecule has 2 aromatic rings. The van der Waals surface area contributed by atoms with Gasteiger partial charge in [-0.2, -0.15) is 4.31 Å². The van der Waals surface area contributed by atoms with Crippen molar-refractivity contribution in [2.45, 2.75) is 44.0 Å². The van der Waals surface area contributed by atoms with Crippen molar-refractivity contribution in [2.75, 3.05) is 6.54 Å². The second-order valence-corrected chi connectivity index (χ2v) is 9.35. The van der Waals surface area contributed by atoms with E-state index in [1.54, 1.807) is 22.5 Å². The molecule has 0 aliphatic heterocycles. The van der Waals surface area contributed by atoms with Crippen LogP contribution in [-0.2, 0) is 16.6 Å². The lowest BCUT2D eigenvalue weighted by molar-refractivity contribution is 0.295. The maximum atomic E-state index is 13.3. The molecule has 1 saturated carbocycles. The van der Waals surface area contributed by atoms with Crippen LogP contribution in [0.4, 0.5) is 0 Å². The van der Waals surface area contributed by atoms with Gasteiger partial charge in [-0.3, -0.25) is 0 Å². The number of hydrogen-bond acceptors (Lipinski definition) is 2. The van der Waals surface area contributed by atoms with Crippen LogP contribution in [0.5, 0.6) is 0 Å². The highest BCUT2D eigenvalue weighted by molar-refractivity contribution is 7.89. The van der Waals surface area contributed by atoms with E-state index in [0.717, 1.165) is 36.8 Å². The van der Waals surface area contributed by atoms with E-state index in [0.29, 0.717) is 24.0 Å². The zero-order chi connectivity index (χ0) is 18.6. The maximum Gasteiger partial charge on any atom is 0.243 e. The van der Waals surface area contributed by atoms with Crippen LogP contribution in [0, 0.1) is 19.3 Å². The van der Waals surface area contributed by atoms with Crippen LogP contribution in [0.15, 0.2) is 53.4 Å². The zero-order valence-electron chi connectivity index (χ0n) is 15.1. The number of nitrogens with zero attached hydrogens (tertiary/aromatic N) is 1. The molecule has 3 nitrogen and oxygen atoms in total. The highest BCUT2D eigenvalue weighted by Gasteiger charge is 2.28. The Balaban J connectivity index is 1.90. The summed E-state index contributed by atoms with van der Waals surface area (Å²) in [6, 6.07) is 14.8. The highest BCUT2D eigenvalue weighted by Crippen LogP contribution is 2.29. The summed E-state index contributed by atoms with van der Waals surface area (Å²) in [5.41, 5.74) is 1.87. The van der Waals surface area contributed by atoms with Crippen LogP contribution in [0.25, 0.3) is 0 Å². The van der Waals surface area contributed by atoms with E-state index in [1.807, 2.05) is 37.3 Å². The SMILES string of the molecule is Cc1ccc(S(=O)(=O)N(Cc2ccccc2)CC2CC[CH]CC2)cc1Cl. The molecule has 1 fully saturated rings. The number of hydrogen-bond donors (Lipinski definition) is 0. The first-order valence-corrected chi connectivity index (χ1v) is 10.9. The molecule has 2 aromatic carbocycles. The van der Waals surface area contributed by atoms with Crippen LogP contribution < -0.4 is 0 Å². The number of halogens is 1. The summed E-state index contributed by atoms with van der Waals surface area (Å²) in [4.78, 5) is 0.270. The molecule has 0 N–H and O–H groups in total. The lowest BCUT2D eigenvalue weighted by atomic mass is 9.89. The molecular weight excluding hydrogens is 366 g/mol. The van der Waals surface area contributed by atoms with Gasteiger partial charge in [-0.25, -0.2) is 8.42 Å². The Bertz CT molecular complexity index is 830. The smallest absolute Gasteiger partial charge is 0.207 e. The van der Waals surface area contributed by atoms with Gasteiger partial charge in [0.05, 0.1) is 4.90 Å². The van der Waals surface area contributed by atoms with E-state index in [9.17, 15) is 8.42 Å². The fourth-order valence-corrected chi connectivity index (χ4v) is 5.16. The summed E-state index contributed by atoms with van der Waals surface area (Å²) in [6.07, 6.45) is 6.54. The van der Waals surface area contributed by atoms with E-state index >= 15 is 0 Å². The Labute approximate surface area is 162 Å². The number of sulfonamides is 1. The van der Waals surface area contributed by atoms with Crippen molar-refractivity contribution in [3.63, 3.8) is 0 Å². The molecule has 0 atom stereocenters. The van der Waals surface area contributed by atoms with Gasteiger partial charge in [-0.1, -0.05) is 48.0 Å². The largest absolute Gasteiger partial charge is 0.243 e. The molecule has 0 spiro atoms. The molecule has 1 aliphatic carbocycles. The zero-order valence-corrected chi connectivity index (χ0v) is 16.6. The molecular formula is C21H25ClNO2S. The first-order chi connectivity index (χ1) is 12.5. The second kappa shape index (κ2) is 8.55. The minimum absolute atomic E-state index is 0.270. The molecule has 26 heavy (non-hydrogen) atoms. The third-order valence-corrected chi connectivity index (χ3v) is 7.22. The molecule has 1 aliphatic rings. The molecule has 0 saturated heterocycles. The maximum absolute atomic E-state index is 13.3. The van der Waals surface area contributed by atoms with Crippen molar-refractivity contribution in [3.05, 3.63) is 71.1 Å². The first kappa shape index (κ1) is 19.4. The van der Waals surface area contributed by atoms with Gasteiger partial charge >= 0.3 is 0 Å². The molecule has 139 valence electrons. The molecule has 3 rings (SSSR count). The Morgan fingerprint density at radius 1 is 1.08 bits per heavy atom. The number of aryl methyl sites for hydroxylation is 1. The Morgan fingerprint density at radius 3 is 2.42 bits per heavy atom. The normalized spacial score (nSPS) is 16.1. The van der Waals surface area contributed by atoms with Gasteiger partial charge < -0.3 is 0 Å². The summed E-state index contributed by atoms with van der Waals surface area (Å²) in [6.45, 7) is 2.81. The molecule has 0 unspecified atom stereocenters. The molecule has 0 aromatic heterocycles. The van der Waals surface area contributed by atoms with Gasteiger partial charge in [0, 0.05) is 18.1 Å². The second-order valence-electron chi connectivity index (χ2n) is 7.00. The first-order valence-electron chi connectivity index (χ1n) is 9.08. The Kier molecular flexibility index (Phi) is 6.38. The van der Waals surface area contributed by atoms with Gasteiger partial charge in [-0.05, 0) is 68.2 Å². The van der Waals surface area contributed by atoms with Crippen molar-refractivity contribution in [3.8, 4) is 0 Å². The van der Waals surface area contributed by atoms with E-state index in [4.69, 9.17) is 11.6 Å². The fraction of sp³-hybridized carbons (Fsp3) is 0.381. The average Bonchev–Trinajstić information content (AvgIpc) is 2.65.